The molecule has 2 rings (SSSR count). The molecule has 190 valence electrons. The van der Waals surface area contributed by atoms with Gasteiger partial charge >= 0.3 is 5.97 Å². The van der Waals surface area contributed by atoms with Crippen LogP contribution in [0.1, 0.15) is 74.1 Å². The number of carbonyl (C=O) groups is 1. The number of ether oxygens (including phenoxy) is 2. The van der Waals surface area contributed by atoms with E-state index in [9.17, 15) is 4.79 Å². The van der Waals surface area contributed by atoms with Gasteiger partial charge in [0.1, 0.15) is 19.9 Å². The number of hydrogen-bond acceptors (Lipinski definition) is 4. The third kappa shape index (κ3) is 6.81. The predicted molar refractivity (Wildman–Crippen MR) is 146 cm³/mol. The van der Waals surface area contributed by atoms with Crippen molar-refractivity contribution in [3.05, 3.63) is 24.3 Å². The standard InChI is InChI=1S/C29H47NO3Si/c1-11-29(18-19-34(9,10)28(5,6)7,30-23-13-15-24(32-8)16-14-23)27(31)33-26-20-22(4)12-17-25(26)21(2)3/h13-16,21-22,25-26,30H,11-12,17,20H2,1-10H3/t22-,25+,26-,29-/m1/s1. The Labute approximate surface area is 209 Å². The lowest BCUT2D eigenvalue weighted by atomic mass is 9.75. The van der Waals surface area contributed by atoms with Gasteiger partial charge in [-0.2, -0.15) is 0 Å². The molecule has 0 unspecified atom stereocenters. The minimum absolute atomic E-state index is 0.0606. The Morgan fingerprint density at radius 1 is 1.18 bits per heavy atom. The van der Waals surface area contributed by atoms with E-state index in [0.29, 0.717) is 24.2 Å². The zero-order valence-electron chi connectivity index (χ0n) is 23.2. The summed E-state index contributed by atoms with van der Waals surface area (Å²) in [5, 5.41) is 3.58. The summed E-state index contributed by atoms with van der Waals surface area (Å²) < 4.78 is 11.7. The highest BCUT2D eigenvalue weighted by molar-refractivity contribution is 6.87. The van der Waals surface area contributed by atoms with E-state index in [1.807, 2.05) is 31.2 Å². The van der Waals surface area contributed by atoms with Gasteiger partial charge in [0, 0.05) is 5.69 Å². The first-order valence-electron chi connectivity index (χ1n) is 12.9. The normalized spacial score (nSPS) is 22.9. The predicted octanol–water partition coefficient (Wildman–Crippen LogP) is 7.31. The zero-order chi connectivity index (χ0) is 25.7. The van der Waals surface area contributed by atoms with Crippen LogP contribution < -0.4 is 10.1 Å². The highest BCUT2D eigenvalue weighted by Gasteiger charge is 2.42. The van der Waals surface area contributed by atoms with Gasteiger partial charge in [-0.15, -0.1) is 5.54 Å². The summed E-state index contributed by atoms with van der Waals surface area (Å²) in [7, 11) is -0.282. The van der Waals surface area contributed by atoms with Gasteiger partial charge in [0.25, 0.3) is 0 Å². The summed E-state index contributed by atoms with van der Waals surface area (Å²) in [5.74, 6) is 5.41. The van der Waals surface area contributed by atoms with Gasteiger partial charge in [-0.1, -0.05) is 73.9 Å². The van der Waals surface area contributed by atoms with E-state index in [1.165, 1.54) is 6.42 Å². The van der Waals surface area contributed by atoms with Gasteiger partial charge in [-0.05, 0) is 66.3 Å². The fourth-order valence-corrected chi connectivity index (χ4v) is 5.21. The van der Waals surface area contributed by atoms with Gasteiger partial charge in [-0.25, -0.2) is 4.79 Å². The molecule has 0 spiro atoms. The van der Waals surface area contributed by atoms with E-state index < -0.39 is 13.6 Å². The molecule has 1 aromatic rings. The molecule has 1 fully saturated rings. The molecule has 1 aliphatic rings. The number of carbonyl (C=O) groups excluding carboxylic acids is 1. The van der Waals surface area contributed by atoms with Crippen LogP contribution in [0.15, 0.2) is 24.3 Å². The van der Waals surface area contributed by atoms with Crippen molar-refractivity contribution < 1.29 is 14.3 Å². The van der Waals surface area contributed by atoms with Crippen LogP contribution in [0.2, 0.25) is 18.1 Å². The van der Waals surface area contributed by atoms with Crippen molar-refractivity contribution in [2.24, 2.45) is 17.8 Å². The molecule has 1 saturated carbocycles. The minimum Gasteiger partial charge on any atom is -0.497 e. The van der Waals surface area contributed by atoms with Crippen molar-refractivity contribution in [3.8, 4) is 17.2 Å². The average molecular weight is 486 g/mol. The summed E-state index contributed by atoms with van der Waals surface area (Å²) in [4.78, 5) is 13.9. The van der Waals surface area contributed by atoms with Crippen LogP contribution in [0, 0.1) is 29.2 Å². The molecule has 4 nitrogen and oxygen atoms in total. The van der Waals surface area contributed by atoms with E-state index in [4.69, 9.17) is 9.47 Å². The van der Waals surface area contributed by atoms with Crippen molar-refractivity contribution in [3.63, 3.8) is 0 Å². The molecule has 1 aromatic carbocycles. The van der Waals surface area contributed by atoms with Crippen LogP contribution in [0.3, 0.4) is 0 Å². The fraction of sp³-hybridized carbons (Fsp3) is 0.690. The van der Waals surface area contributed by atoms with E-state index in [0.717, 1.165) is 24.3 Å². The highest BCUT2D eigenvalue weighted by atomic mass is 28.3. The molecule has 0 aromatic heterocycles. The Morgan fingerprint density at radius 2 is 1.79 bits per heavy atom. The number of anilines is 1. The molecule has 0 radical (unpaired) electrons. The lowest BCUT2D eigenvalue weighted by molar-refractivity contribution is -0.159. The van der Waals surface area contributed by atoms with Gasteiger partial charge in [0.15, 0.2) is 5.54 Å². The van der Waals surface area contributed by atoms with Crippen molar-refractivity contribution in [2.45, 2.75) is 104 Å². The van der Waals surface area contributed by atoms with E-state index in [2.05, 4.69) is 71.4 Å². The Kier molecular flexibility index (Phi) is 9.33. The summed E-state index contributed by atoms with van der Waals surface area (Å²) >= 11 is 0. The summed E-state index contributed by atoms with van der Waals surface area (Å²) in [6.07, 6.45) is 3.69. The molecule has 34 heavy (non-hydrogen) atoms. The minimum atomic E-state index is -1.93. The first-order valence-corrected chi connectivity index (χ1v) is 15.9. The molecule has 5 heteroatoms. The third-order valence-electron chi connectivity index (χ3n) is 8.01. The second-order valence-electron chi connectivity index (χ2n) is 12.0. The van der Waals surface area contributed by atoms with Gasteiger partial charge < -0.3 is 14.8 Å². The summed E-state index contributed by atoms with van der Waals surface area (Å²) in [6, 6.07) is 7.66. The van der Waals surface area contributed by atoms with Crippen molar-refractivity contribution in [1.82, 2.24) is 0 Å². The SMILES string of the molecule is CC[C@](C#C[Si](C)(C)C(C)(C)C)(Nc1ccc(OC)cc1)C(=O)O[C@@H]1C[C@H](C)CC[C@H]1C(C)C. The number of methoxy groups -OCH3 is 1. The van der Waals surface area contributed by atoms with E-state index >= 15 is 0 Å². The first-order chi connectivity index (χ1) is 15.7. The van der Waals surface area contributed by atoms with Crippen LogP contribution >= 0.6 is 0 Å². The second kappa shape index (κ2) is 11.2. The molecular weight excluding hydrogens is 438 g/mol. The lowest BCUT2D eigenvalue weighted by Crippen LogP contribution is -2.49. The fourth-order valence-electron chi connectivity index (χ4n) is 4.31. The topological polar surface area (TPSA) is 47.6 Å². The van der Waals surface area contributed by atoms with Gasteiger partial charge in [0.2, 0.25) is 0 Å². The number of rotatable bonds is 7. The van der Waals surface area contributed by atoms with Crippen LogP contribution in [-0.2, 0) is 9.53 Å². The Morgan fingerprint density at radius 3 is 2.29 bits per heavy atom. The maximum absolute atomic E-state index is 13.9. The maximum Gasteiger partial charge on any atom is 0.344 e. The molecule has 0 heterocycles. The Hall–Kier alpha value is -1.93. The molecule has 1 aliphatic carbocycles. The smallest absolute Gasteiger partial charge is 0.344 e. The Bertz CT molecular complexity index is 875. The highest BCUT2D eigenvalue weighted by Crippen LogP contribution is 2.37. The molecule has 0 bridgehead atoms. The van der Waals surface area contributed by atoms with Gasteiger partial charge in [0.05, 0.1) is 7.11 Å². The molecule has 4 atom stereocenters. The summed E-state index contributed by atoms with van der Waals surface area (Å²) in [6.45, 7) is 20.0. The van der Waals surface area contributed by atoms with E-state index in [1.54, 1.807) is 7.11 Å². The van der Waals surface area contributed by atoms with Crippen LogP contribution in [0.5, 0.6) is 5.75 Å². The Balaban J connectivity index is 2.46. The molecule has 0 aliphatic heterocycles. The zero-order valence-corrected chi connectivity index (χ0v) is 24.2. The number of esters is 1. The average Bonchev–Trinajstić information content (AvgIpc) is 2.76. The molecular formula is C29H47NO3Si. The van der Waals surface area contributed by atoms with Crippen molar-refractivity contribution in [2.75, 3.05) is 12.4 Å². The second-order valence-corrected chi connectivity index (χ2v) is 17.0. The van der Waals surface area contributed by atoms with Crippen LogP contribution in [-0.4, -0.2) is 32.8 Å². The number of hydrogen-bond donors (Lipinski definition) is 1. The van der Waals surface area contributed by atoms with E-state index in [-0.39, 0.29) is 17.1 Å². The summed E-state index contributed by atoms with van der Waals surface area (Å²) in [5.41, 5.74) is 3.34. The maximum atomic E-state index is 13.9. The monoisotopic (exact) mass is 485 g/mol. The van der Waals surface area contributed by atoms with Gasteiger partial charge in [-0.3, -0.25) is 0 Å². The van der Waals surface area contributed by atoms with Crippen LogP contribution in [0.4, 0.5) is 5.69 Å². The largest absolute Gasteiger partial charge is 0.497 e. The van der Waals surface area contributed by atoms with Crippen molar-refractivity contribution >= 4 is 19.7 Å². The number of nitrogens with one attached hydrogen (secondary N) is 1. The van der Waals surface area contributed by atoms with Crippen LogP contribution in [0.25, 0.3) is 0 Å². The van der Waals surface area contributed by atoms with Crippen molar-refractivity contribution in [1.29, 1.82) is 0 Å². The quantitative estimate of drug-likeness (QED) is 0.250. The number of benzene rings is 1. The molecule has 1 N–H and O–H groups in total. The first kappa shape index (κ1) is 28.3. The molecule has 0 amide bonds. The molecule has 0 saturated heterocycles. The lowest BCUT2D eigenvalue weighted by Gasteiger charge is -2.39. The third-order valence-corrected chi connectivity index (χ3v) is 12.5.